The van der Waals surface area contributed by atoms with Crippen LogP contribution in [0, 0.1) is 6.92 Å². The predicted octanol–water partition coefficient (Wildman–Crippen LogP) is 3.68. The number of aromatic nitrogens is 1. The zero-order valence-corrected chi connectivity index (χ0v) is 19.2. The van der Waals surface area contributed by atoms with E-state index in [1.165, 1.54) is 0 Å². The Labute approximate surface area is 185 Å². The van der Waals surface area contributed by atoms with Crippen LogP contribution in [0.2, 0.25) is 0 Å². The fraction of sp³-hybridized carbons (Fsp3) is 0.429. The van der Waals surface area contributed by atoms with Crippen LogP contribution in [0.1, 0.15) is 30.2 Å². The van der Waals surface area contributed by atoms with Crippen molar-refractivity contribution >= 4 is 29.9 Å². The molecule has 0 atom stereocenters. The summed E-state index contributed by atoms with van der Waals surface area (Å²) in [6.45, 7) is 7.58. The lowest BCUT2D eigenvalue weighted by atomic mass is 10.2. The van der Waals surface area contributed by atoms with Gasteiger partial charge in [-0.05, 0) is 49.6 Å². The van der Waals surface area contributed by atoms with Gasteiger partial charge in [-0.15, -0.1) is 24.0 Å². The van der Waals surface area contributed by atoms with E-state index in [9.17, 15) is 0 Å². The van der Waals surface area contributed by atoms with Gasteiger partial charge in [0.1, 0.15) is 5.75 Å². The standard InChI is InChI=1S/C21H30N4O2.HI/c1-4-27-14-6-13-23-21(25-16-20-17(2)7-5-12-22-20)24-15-18-8-10-19(26-3)11-9-18;/h5,7-12H,4,6,13-16H2,1-3H3,(H2,23,24,25);1H. The van der Waals surface area contributed by atoms with Crippen molar-refractivity contribution in [1.82, 2.24) is 15.6 Å². The lowest BCUT2D eigenvalue weighted by molar-refractivity contribution is 0.145. The van der Waals surface area contributed by atoms with Crippen molar-refractivity contribution in [2.45, 2.75) is 33.4 Å². The Morgan fingerprint density at radius 1 is 1.14 bits per heavy atom. The van der Waals surface area contributed by atoms with Gasteiger partial charge in [-0.2, -0.15) is 0 Å². The Morgan fingerprint density at radius 3 is 2.61 bits per heavy atom. The van der Waals surface area contributed by atoms with Gasteiger partial charge in [0.2, 0.25) is 0 Å². The molecule has 0 aliphatic rings. The number of nitrogens with one attached hydrogen (secondary N) is 2. The average Bonchev–Trinajstić information content (AvgIpc) is 2.70. The van der Waals surface area contributed by atoms with Crippen LogP contribution in [-0.4, -0.2) is 37.8 Å². The lowest BCUT2D eigenvalue weighted by Gasteiger charge is -2.13. The number of rotatable bonds is 10. The first-order valence-electron chi connectivity index (χ1n) is 9.36. The number of ether oxygens (including phenoxy) is 2. The molecule has 0 saturated heterocycles. The maximum absolute atomic E-state index is 5.39. The molecule has 0 radical (unpaired) electrons. The van der Waals surface area contributed by atoms with Gasteiger partial charge in [0.05, 0.1) is 25.9 Å². The van der Waals surface area contributed by atoms with E-state index >= 15 is 0 Å². The summed E-state index contributed by atoms with van der Waals surface area (Å²) in [6, 6.07) is 12.0. The molecule has 28 heavy (non-hydrogen) atoms. The Balaban J connectivity index is 0.00000392. The number of hydrogen-bond donors (Lipinski definition) is 2. The molecule has 2 N–H and O–H groups in total. The van der Waals surface area contributed by atoms with Gasteiger partial charge in [0.15, 0.2) is 5.96 Å². The average molecular weight is 498 g/mol. The molecule has 1 heterocycles. The van der Waals surface area contributed by atoms with Gasteiger partial charge in [0, 0.05) is 26.0 Å². The summed E-state index contributed by atoms with van der Waals surface area (Å²) in [5.74, 6) is 1.62. The van der Waals surface area contributed by atoms with Gasteiger partial charge in [-0.25, -0.2) is 4.99 Å². The van der Waals surface area contributed by atoms with Crippen molar-refractivity contribution in [2.24, 2.45) is 4.99 Å². The number of guanidine groups is 1. The number of halogens is 1. The number of methoxy groups -OCH3 is 1. The van der Waals surface area contributed by atoms with E-state index in [0.717, 1.165) is 54.7 Å². The summed E-state index contributed by atoms with van der Waals surface area (Å²) in [7, 11) is 1.67. The Bertz CT molecular complexity index is 708. The highest BCUT2D eigenvalue weighted by Crippen LogP contribution is 2.11. The maximum atomic E-state index is 5.39. The molecule has 2 aromatic rings. The Morgan fingerprint density at radius 2 is 1.93 bits per heavy atom. The number of pyridine rings is 1. The van der Waals surface area contributed by atoms with Crippen LogP contribution in [0.15, 0.2) is 47.6 Å². The summed E-state index contributed by atoms with van der Waals surface area (Å²) in [5.41, 5.74) is 3.31. The van der Waals surface area contributed by atoms with Gasteiger partial charge in [0.25, 0.3) is 0 Å². The van der Waals surface area contributed by atoms with E-state index in [-0.39, 0.29) is 24.0 Å². The van der Waals surface area contributed by atoms with Gasteiger partial charge < -0.3 is 20.1 Å². The second-order valence-corrected chi connectivity index (χ2v) is 6.11. The molecule has 2 rings (SSSR count). The van der Waals surface area contributed by atoms with Crippen molar-refractivity contribution < 1.29 is 9.47 Å². The minimum Gasteiger partial charge on any atom is -0.497 e. The highest BCUT2D eigenvalue weighted by molar-refractivity contribution is 14.0. The number of benzene rings is 1. The van der Waals surface area contributed by atoms with Crippen LogP contribution >= 0.6 is 24.0 Å². The van der Waals surface area contributed by atoms with Crippen LogP contribution in [0.5, 0.6) is 5.75 Å². The van der Waals surface area contributed by atoms with E-state index in [0.29, 0.717) is 13.1 Å². The third-order valence-corrected chi connectivity index (χ3v) is 4.08. The van der Waals surface area contributed by atoms with Gasteiger partial charge in [-0.3, -0.25) is 4.98 Å². The number of aryl methyl sites for hydroxylation is 1. The third-order valence-electron chi connectivity index (χ3n) is 4.08. The summed E-state index contributed by atoms with van der Waals surface area (Å²) in [6.07, 6.45) is 2.74. The second kappa shape index (κ2) is 14.2. The minimum absolute atomic E-state index is 0. The van der Waals surface area contributed by atoms with Crippen LogP contribution < -0.4 is 15.4 Å². The van der Waals surface area contributed by atoms with Gasteiger partial charge >= 0.3 is 0 Å². The van der Waals surface area contributed by atoms with Crippen LogP contribution in [0.25, 0.3) is 0 Å². The zero-order valence-electron chi connectivity index (χ0n) is 16.9. The predicted molar refractivity (Wildman–Crippen MR) is 124 cm³/mol. The van der Waals surface area contributed by atoms with E-state index < -0.39 is 0 Å². The van der Waals surface area contributed by atoms with Crippen molar-refractivity contribution in [3.05, 3.63) is 59.4 Å². The molecule has 6 nitrogen and oxygen atoms in total. The minimum atomic E-state index is 0. The smallest absolute Gasteiger partial charge is 0.191 e. The third kappa shape index (κ3) is 8.88. The summed E-state index contributed by atoms with van der Waals surface area (Å²) < 4.78 is 10.6. The number of hydrogen-bond acceptors (Lipinski definition) is 4. The largest absolute Gasteiger partial charge is 0.497 e. The topological polar surface area (TPSA) is 67.8 Å². The van der Waals surface area contributed by atoms with Crippen molar-refractivity contribution in [2.75, 3.05) is 26.9 Å². The first-order valence-corrected chi connectivity index (χ1v) is 9.36. The summed E-state index contributed by atoms with van der Waals surface area (Å²) in [4.78, 5) is 9.13. The van der Waals surface area contributed by atoms with Crippen LogP contribution in [0.3, 0.4) is 0 Å². The van der Waals surface area contributed by atoms with E-state index in [1.54, 1.807) is 7.11 Å². The quantitative estimate of drug-likeness (QED) is 0.227. The Kier molecular flexibility index (Phi) is 12.2. The fourth-order valence-corrected chi connectivity index (χ4v) is 2.47. The monoisotopic (exact) mass is 498 g/mol. The van der Waals surface area contributed by atoms with E-state index in [1.807, 2.05) is 43.5 Å². The molecule has 0 spiro atoms. The van der Waals surface area contributed by atoms with Crippen LogP contribution in [-0.2, 0) is 17.8 Å². The SMILES string of the molecule is CCOCCCNC(=NCc1ccc(OC)cc1)NCc1ncccc1C.I. The van der Waals surface area contributed by atoms with Gasteiger partial charge in [-0.1, -0.05) is 18.2 Å². The van der Waals surface area contributed by atoms with Crippen molar-refractivity contribution in [1.29, 1.82) is 0 Å². The first kappa shape index (κ1) is 24.2. The fourth-order valence-electron chi connectivity index (χ4n) is 2.47. The maximum Gasteiger partial charge on any atom is 0.191 e. The molecule has 0 bridgehead atoms. The molecule has 154 valence electrons. The highest BCUT2D eigenvalue weighted by atomic mass is 127. The molecule has 0 fully saturated rings. The molecular weight excluding hydrogens is 467 g/mol. The van der Waals surface area contributed by atoms with Crippen molar-refractivity contribution in [3.8, 4) is 5.75 Å². The second-order valence-electron chi connectivity index (χ2n) is 6.11. The summed E-state index contributed by atoms with van der Waals surface area (Å²) in [5, 5.41) is 6.74. The normalized spacial score (nSPS) is 10.9. The molecule has 0 amide bonds. The van der Waals surface area contributed by atoms with Crippen molar-refractivity contribution in [3.63, 3.8) is 0 Å². The molecular formula is C21H31IN4O2. The zero-order chi connectivity index (χ0) is 19.3. The molecule has 0 unspecified atom stereocenters. The Hall–Kier alpha value is -1.87. The lowest BCUT2D eigenvalue weighted by Crippen LogP contribution is -2.38. The molecule has 7 heteroatoms. The number of aliphatic imine (C=N–C) groups is 1. The molecule has 0 aliphatic carbocycles. The molecule has 1 aromatic heterocycles. The first-order chi connectivity index (χ1) is 13.2. The summed E-state index contributed by atoms with van der Waals surface area (Å²) >= 11 is 0. The number of nitrogens with zero attached hydrogens (tertiary/aromatic N) is 2. The van der Waals surface area contributed by atoms with E-state index in [4.69, 9.17) is 14.5 Å². The van der Waals surface area contributed by atoms with Crippen LogP contribution in [0.4, 0.5) is 0 Å². The molecule has 0 aliphatic heterocycles. The molecule has 1 aromatic carbocycles. The highest BCUT2D eigenvalue weighted by Gasteiger charge is 2.03. The molecule has 0 saturated carbocycles. The van der Waals surface area contributed by atoms with E-state index in [2.05, 4.69) is 28.6 Å².